The van der Waals surface area contributed by atoms with Gasteiger partial charge in [-0.25, -0.2) is 39.9 Å². The summed E-state index contributed by atoms with van der Waals surface area (Å²) in [6.07, 6.45) is 19.5. The van der Waals surface area contributed by atoms with Crippen molar-refractivity contribution in [3.8, 4) is 114 Å². The van der Waals surface area contributed by atoms with Crippen molar-refractivity contribution >= 4 is 72.7 Å². The summed E-state index contributed by atoms with van der Waals surface area (Å²) in [6.45, 7) is 8.07. The minimum absolute atomic E-state index is 0.0810. The highest BCUT2D eigenvalue weighted by Gasteiger charge is 2.53. The monoisotopic (exact) mass is 1540 g/mol. The van der Waals surface area contributed by atoms with Gasteiger partial charge in [-0.05, 0) is 195 Å². The van der Waals surface area contributed by atoms with E-state index in [2.05, 4.69) is 190 Å². The van der Waals surface area contributed by atoms with Gasteiger partial charge < -0.3 is 9.31 Å². The van der Waals surface area contributed by atoms with Gasteiger partial charge in [-0.2, -0.15) is 0 Å². The Morgan fingerprint density at radius 2 is 0.763 bits per heavy atom. The van der Waals surface area contributed by atoms with Gasteiger partial charge in [0.1, 0.15) is 0 Å². The van der Waals surface area contributed by atoms with Crippen LogP contribution in [0, 0.1) is 0 Å². The number of pyridine rings is 6. The van der Waals surface area contributed by atoms with Crippen LogP contribution < -0.4 is 5.72 Å². The fourth-order valence-electron chi connectivity index (χ4n) is 15.4. The third kappa shape index (κ3) is 13.7. The zero-order valence-corrected chi connectivity index (χ0v) is 64.3. The van der Waals surface area contributed by atoms with Crippen LogP contribution in [0.15, 0.2) is 344 Å². The first kappa shape index (κ1) is 70.7. The third-order valence-electron chi connectivity index (χ3n) is 21.8. The number of rotatable bonds is 12. The molecule has 0 radical (unpaired) electrons. The van der Waals surface area contributed by atoms with Crippen LogP contribution in [0.5, 0.6) is 0 Å². The summed E-state index contributed by atoms with van der Waals surface area (Å²) in [4.78, 5) is 57.6. The standard InChI is InChI=1S/C46H30N6.C31H18BrN3.C21H22BN3O2/c1-3-11-31(12-4-1)44-50-45(32-13-5-2-6-14-32)52-46(51-44)37-24-20-30-18-22-35-34(21-17-29-19-23-36(37)43(30)42(29)35)33-27-40(38-15-7-9-25-47-38)49-41(28-33)39-16-8-10-26-48-39;32-25-14-10-20-8-12-23-22(11-7-19-9-13-24(25)31(20)30(19)23)21-17-28(26-5-1-3-15-33-26)35-29(18-21)27-6-2-4-16-34-27;1-20(2)21(3,4)27-22(26-20)19-24-17(15-11-7-5-8-12-15)23-18(25-19)16-13-9-6-10-14-16/h1-22,24-28,42H,23H2;1-18H;5-14H,1-4H3. The molecule has 8 aromatic heterocycles. The largest absolute Gasteiger partial charge is 0.534 e. The zero-order chi connectivity index (χ0) is 76.9. The van der Waals surface area contributed by atoms with Crippen LogP contribution in [0.1, 0.15) is 55.9 Å². The van der Waals surface area contributed by atoms with Crippen molar-refractivity contribution in [1.82, 2.24) is 59.8 Å². The van der Waals surface area contributed by atoms with Crippen LogP contribution in [-0.4, -0.2) is 78.1 Å². The number of aromatic nitrogens is 12. The van der Waals surface area contributed by atoms with E-state index >= 15 is 0 Å². The van der Waals surface area contributed by atoms with Gasteiger partial charge in [0, 0.05) is 63.0 Å². The van der Waals surface area contributed by atoms with Crippen LogP contribution in [-0.2, 0) is 15.7 Å². The number of benzene rings is 9. The van der Waals surface area contributed by atoms with Gasteiger partial charge in [0.2, 0.25) is 0 Å². The van der Waals surface area contributed by atoms with Crippen LogP contribution in [0.25, 0.3) is 158 Å². The van der Waals surface area contributed by atoms with E-state index in [1.807, 2.05) is 210 Å². The fourth-order valence-corrected chi connectivity index (χ4v) is 15.9. The summed E-state index contributed by atoms with van der Waals surface area (Å²) in [7, 11) is -0.636. The van der Waals surface area contributed by atoms with E-state index in [1.165, 1.54) is 65.7 Å². The second kappa shape index (κ2) is 29.9. The molecule has 114 heavy (non-hydrogen) atoms. The van der Waals surface area contributed by atoms with E-state index in [9.17, 15) is 0 Å². The molecule has 9 heterocycles. The number of hydrogen-bond donors (Lipinski definition) is 0. The van der Waals surface area contributed by atoms with Gasteiger partial charge >= 0.3 is 7.12 Å². The van der Waals surface area contributed by atoms with Gasteiger partial charge in [-0.15, -0.1) is 0 Å². The third-order valence-corrected chi connectivity index (χ3v) is 22.5. The summed E-state index contributed by atoms with van der Waals surface area (Å²) in [5, 5.41) is 7.52. The average Bonchev–Trinajstić information content (AvgIpc) is 0.952. The lowest BCUT2D eigenvalue weighted by Gasteiger charge is -2.36. The molecule has 16 heteroatoms. The molecule has 0 amide bonds. The topological polar surface area (TPSA) is 173 Å². The number of nitrogens with zero attached hydrogens (tertiary/aromatic N) is 12. The molecule has 0 saturated carbocycles. The van der Waals surface area contributed by atoms with Gasteiger partial charge in [0.15, 0.2) is 34.8 Å². The minimum atomic E-state index is -0.636. The summed E-state index contributed by atoms with van der Waals surface area (Å²) >= 11 is 3.75. The van der Waals surface area contributed by atoms with E-state index in [1.54, 1.807) is 12.4 Å². The Labute approximate surface area is 668 Å². The SMILES string of the molecule is Brc1ccc2ccc3c(-c4cc(-c5ccccn5)nc(-c5ccccn5)c4)ccc4ccc1c2c43.C1=CC(c2cc(-c3ccccn3)nc(-c3ccccn3)c2)=C2C=Cc3ccc(-c4nc(-c5ccccc5)nc(-c5ccccc5)n4)c4c3C2C1=CC4.CC1(C)OB(c2nc(-c3ccccc3)nc(-c3ccccc3)n2)OC1(C)C. The van der Waals surface area contributed by atoms with E-state index in [-0.39, 0.29) is 5.92 Å². The molecule has 21 rings (SSSR count). The van der Waals surface area contributed by atoms with Crippen LogP contribution in [0.3, 0.4) is 0 Å². The Hall–Kier alpha value is -13.6. The smallest absolute Gasteiger partial charge is 0.397 e. The maximum atomic E-state index is 6.16. The molecule has 0 spiro atoms. The molecule has 544 valence electrons. The Bertz CT molecular complexity index is 6390. The van der Waals surface area contributed by atoms with Gasteiger partial charge in [-0.3, -0.25) is 19.9 Å². The summed E-state index contributed by atoms with van der Waals surface area (Å²) in [5.41, 5.74) is 21.9. The molecule has 1 fully saturated rings. The molecule has 14 nitrogen and oxygen atoms in total. The maximum absolute atomic E-state index is 6.16. The number of halogens is 1. The molecular formula is C98H70BBrN12O2. The van der Waals surface area contributed by atoms with Gasteiger partial charge in [0.25, 0.3) is 0 Å². The Balaban J connectivity index is 0.000000122. The summed E-state index contributed by atoms with van der Waals surface area (Å²) < 4.78 is 13.4. The van der Waals surface area contributed by atoms with Crippen molar-refractivity contribution in [2.75, 3.05) is 0 Å². The minimum Gasteiger partial charge on any atom is -0.397 e. The summed E-state index contributed by atoms with van der Waals surface area (Å²) in [5.74, 6) is 3.30. The van der Waals surface area contributed by atoms with E-state index in [0.29, 0.717) is 34.8 Å². The molecule has 3 aliphatic carbocycles. The molecule has 17 aromatic rings. The molecule has 1 unspecified atom stereocenters. The van der Waals surface area contributed by atoms with Crippen molar-refractivity contribution in [1.29, 1.82) is 0 Å². The molecule has 0 N–H and O–H groups in total. The highest BCUT2D eigenvalue weighted by Crippen LogP contribution is 2.52. The molecular weight excluding hydrogens is 1470 g/mol. The quantitative estimate of drug-likeness (QED) is 0.0835. The number of hydrogen-bond acceptors (Lipinski definition) is 14. The van der Waals surface area contributed by atoms with Crippen molar-refractivity contribution in [3.63, 3.8) is 0 Å². The lowest BCUT2D eigenvalue weighted by molar-refractivity contribution is 0.00578. The molecule has 4 aliphatic rings. The predicted octanol–water partition coefficient (Wildman–Crippen LogP) is 22.0. The Kier molecular flexibility index (Phi) is 18.5. The van der Waals surface area contributed by atoms with Crippen LogP contribution in [0.2, 0.25) is 0 Å². The van der Waals surface area contributed by atoms with Crippen molar-refractivity contribution in [2.24, 2.45) is 0 Å². The second-order valence-electron chi connectivity index (χ2n) is 29.4. The van der Waals surface area contributed by atoms with Crippen molar-refractivity contribution in [2.45, 2.75) is 51.2 Å². The second-order valence-corrected chi connectivity index (χ2v) is 30.2. The lowest BCUT2D eigenvalue weighted by Crippen LogP contribution is -2.41. The Morgan fingerprint density at radius 1 is 0.351 bits per heavy atom. The van der Waals surface area contributed by atoms with Crippen LogP contribution in [0.4, 0.5) is 0 Å². The fraction of sp³-hybridized carbons (Fsp3) is 0.0816. The van der Waals surface area contributed by atoms with Gasteiger partial charge in [-0.1, -0.05) is 247 Å². The summed E-state index contributed by atoms with van der Waals surface area (Å²) in [6, 6.07) is 94.4. The highest BCUT2D eigenvalue weighted by atomic mass is 79.9. The Morgan fingerprint density at radius 3 is 1.24 bits per heavy atom. The van der Waals surface area contributed by atoms with Gasteiger partial charge in [0.05, 0.1) is 56.8 Å². The zero-order valence-electron chi connectivity index (χ0n) is 62.7. The maximum Gasteiger partial charge on any atom is 0.534 e. The van der Waals surface area contributed by atoms with Crippen molar-refractivity contribution in [3.05, 3.63) is 366 Å². The van der Waals surface area contributed by atoms with E-state index in [4.69, 9.17) is 34.2 Å². The highest BCUT2D eigenvalue weighted by molar-refractivity contribution is 9.10. The molecule has 1 atom stereocenters. The number of allylic oxidation sites excluding steroid dienone is 7. The average molecular weight is 1540 g/mol. The van der Waals surface area contributed by atoms with Crippen LogP contribution >= 0.6 is 15.9 Å². The first-order valence-electron chi connectivity index (χ1n) is 38.0. The lowest BCUT2D eigenvalue weighted by atomic mass is 9.68. The first-order valence-corrected chi connectivity index (χ1v) is 38.8. The predicted molar refractivity (Wildman–Crippen MR) is 460 cm³/mol. The molecule has 9 aromatic carbocycles. The molecule has 1 aliphatic heterocycles. The first-order chi connectivity index (χ1) is 55.9. The van der Waals surface area contributed by atoms with E-state index in [0.717, 1.165) is 101 Å². The van der Waals surface area contributed by atoms with Crippen molar-refractivity contribution < 1.29 is 9.31 Å². The van der Waals surface area contributed by atoms with E-state index < -0.39 is 18.3 Å². The molecule has 0 bridgehead atoms. The normalized spacial score (nSPS) is 14.8. The molecule has 1 saturated heterocycles.